The summed E-state index contributed by atoms with van der Waals surface area (Å²) in [4.78, 5) is 36.9. The molecule has 0 amide bonds. The average Bonchev–Trinajstić information content (AvgIpc) is 3.01. The first kappa shape index (κ1) is 16.1. The van der Waals surface area contributed by atoms with Gasteiger partial charge in [0.15, 0.2) is 0 Å². The number of carbonyl (C=O) groups excluding carboxylic acids is 2. The van der Waals surface area contributed by atoms with Crippen molar-refractivity contribution in [2.45, 2.75) is 64.9 Å². The van der Waals surface area contributed by atoms with Crippen LogP contribution in [0.3, 0.4) is 0 Å². The van der Waals surface area contributed by atoms with Gasteiger partial charge in [0.05, 0.1) is 11.8 Å². The lowest BCUT2D eigenvalue weighted by molar-refractivity contribution is -0.162. The second-order valence-electron chi connectivity index (χ2n) is 8.89. The Morgan fingerprint density at radius 3 is 2.58 bits per heavy atom. The standard InChI is InChI=1S/C19H26O5/c1-18(7-5-10-9-13(18)17(23)24-10)12-6-8-19(2)11(3-4-14(19)20)15(12)16(21)22/h10-13,15H,3-9H2,1-2H3,(H,21,22)/t10-,11-,12-,13+,15-,18+,19-/m0/s1. The monoisotopic (exact) mass is 334 g/mol. The van der Waals surface area contributed by atoms with Gasteiger partial charge < -0.3 is 9.84 Å². The van der Waals surface area contributed by atoms with Crippen LogP contribution >= 0.6 is 0 Å². The summed E-state index contributed by atoms with van der Waals surface area (Å²) in [6.07, 6.45) is 5.10. The number of carboxylic acids is 1. The summed E-state index contributed by atoms with van der Waals surface area (Å²) < 4.78 is 5.45. The van der Waals surface area contributed by atoms with Crippen LogP contribution < -0.4 is 0 Å². The van der Waals surface area contributed by atoms with Gasteiger partial charge in [0, 0.05) is 11.8 Å². The van der Waals surface area contributed by atoms with Gasteiger partial charge >= 0.3 is 11.9 Å². The summed E-state index contributed by atoms with van der Waals surface area (Å²) in [6.45, 7) is 4.06. The van der Waals surface area contributed by atoms with Crippen molar-refractivity contribution < 1.29 is 24.2 Å². The average molecular weight is 334 g/mol. The third-order valence-electron chi connectivity index (χ3n) is 7.98. The van der Waals surface area contributed by atoms with Gasteiger partial charge in [-0.05, 0) is 55.8 Å². The Labute approximate surface area is 142 Å². The molecule has 5 nitrogen and oxygen atoms in total. The normalized spacial score (nSPS) is 50.5. The van der Waals surface area contributed by atoms with Gasteiger partial charge in [-0.15, -0.1) is 0 Å². The second kappa shape index (κ2) is 5.06. The minimum Gasteiger partial charge on any atom is -0.481 e. The van der Waals surface area contributed by atoms with Gasteiger partial charge in [-0.2, -0.15) is 0 Å². The van der Waals surface area contributed by atoms with Crippen LogP contribution in [0.1, 0.15) is 58.8 Å². The molecule has 1 saturated heterocycles. The summed E-state index contributed by atoms with van der Waals surface area (Å²) in [5.74, 6) is -1.54. The fraction of sp³-hybridized carbons (Fsp3) is 0.842. The Morgan fingerprint density at radius 1 is 1.12 bits per heavy atom. The molecule has 1 N–H and O–H groups in total. The molecule has 0 unspecified atom stereocenters. The highest BCUT2D eigenvalue weighted by atomic mass is 16.6. The molecular weight excluding hydrogens is 308 g/mol. The highest BCUT2D eigenvalue weighted by Gasteiger charge is 2.63. The second-order valence-corrected chi connectivity index (χ2v) is 8.89. The van der Waals surface area contributed by atoms with E-state index in [2.05, 4.69) is 6.92 Å². The number of rotatable bonds is 2. The van der Waals surface area contributed by atoms with Gasteiger partial charge in [0.2, 0.25) is 0 Å². The molecule has 3 saturated carbocycles. The van der Waals surface area contributed by atoms with Crippen molar-refractivity contribution in [3.8, 4) is 0 Å². The van der Waals surface area contributed by atoms with Crippen molar-refractivity contribution in [2.75, 3.05) is 0 Å². The van der Waals surface area contributed by atoms with Crippen LogP contribution in [0.25, 0.3) is 0 Å². The highest BCUT2D eigenvalue weighted by Crippen LogP contribution is 2.62. The van der Waals surface area contributed by atoms with Crippen LogP contribution in [-0.2, 0) is 19.1 Å². The number of ketones is 1. The van der Waals surface area contributed by atoms with Crippen molar-refractivity contribution in [2.24, 2.45) is 34.5 Å². The maximum Gasteiger partial charge on any atom is 0.309 e. The number of hydrogen-bond donors (Lipinski definition) is 1. The Hall–Kier alpha value is -1.39. The van der Waals surface area contributed by atoms with Crippen molar-refractivity contribution in [3.63, 3.8) is 0 Å². The zero-order valence-electron chi connectivity index (χ0n) is 14.4. The van der Waals surface area contributed by atoms with E-state index in [0.29, 0.717) is 12.8 Å². The first-order valence-electron chi connectivity index (χ1n) is 9.24. The van der Waals surface area contributed by atoms with Gasteiger partial charge in [-0.3, -0.25) is 14.4 Å². The zero-order valence-corrected chi connectivity index (χ0v) is 14.4. The molecule has 4 rings (SSSR count). The molecule has 5 heteroatoms. The lowest BCUT2D eigenvalue weighted by Gasteiger charge is -2.52. The van der Waals surface area contributed by atoms with Gasteiger partial charge in [0.25, 0.3) is 0 Å². The van der Waals surface area contributed by atoms with Crippen LogP contribution in [0, 0.1) is 34.5 Å². The molecule has 4 fully saturated rings. The van der Waals surface area contributed by atoms with Gasteiger partial charge in [-0.25, -0.2) is 0 Å². The maximum atomic E-state index is 12.4. The molecule has 1 aliphatic heterocycles. The topological polar surface area (TPSA) is 80.7 Å². The lowest BCUT2D eigenvalue weighted by Crippen LogP contribution is -2.52. The number of esters is 1. The smallest absolute Gasteiger partial charge is 0.309 e. The van der Waals surface area contributed by atoms with E-state index in [1.807, 2.05) is 6.92 Å². The zero-order chi connectivity index (χ0) is 17.3. The molecule has 0 radical (unpaired) electrons. The predicted octanol–water partition coefficient (Wildman–Crippen LogP) is 2.81. The summed E-state index contributed by atoms with van der Waals surface area (Å²) in [7, 11) is 0. The number of carboxylic acid groups (broad SMARTS) is 1. The molecule has 132 valence electrons. The molecule has 0 spiro atoms. The van der Waals surface area contributed by atoms with E-state index < -0.39 is 17.3 Å². The molecule has 7 atom stereocenters. The van der Waals surface area contributed by atoms with Crippen molar-refractivity contribution in [3.05, 3.63) is 0 Å². The summed E-state index contributed by atoms with van der Waals surface area (Å²) >= 11 is 0. The van der Waals surface area contributed by atoms with Crippen LogP contribution in [0.2, 0.25) is 0 Å². The number of ether oxygens (including phenoxy) is 1. The van der Waals surface area contributed by atoms with E-state index >= 15 is 0 Å². The number of hydrogen-bond acceptors (Lipinski definition) is 4. The van der Waals surface area contributed by atoms with Crippen molar-refractivity contribution in [1.82, 2.24) is 0 Å². The van der Waals surface area contributed by atoms with E-state index in [-0.39, 0.29) is 41.0 Å². The number of fused-ring (bicyclic) bond motifs is 3. The fourth-order valence-corrected chi connectivity index (χ4v) is 6.46. The van der Waals surface area contributed by atoms with Crippen LogP contribution in [-0.4, -0.2) is 28.9 Å². The first-order valence-corrected chi connectivity index (χ1v) is 9.24. The summed E-state index contributed by atoms with van der Waals surface area (Å²) in [6, 6.07) is 0. The molecule has 3 aliphatic carbocycles. The Morgan fingerprint density at radius 2 is 1.88 bits per heavy atom. The van der Waals surface area contributed by atoms with Crippen molar-refractivity contribution in [1.29, 1.82) is 0 Å². The Kier molecular flexibility index (Phi) is 3.39. The van der Waals surface area contributed by atoms with Crippen LogP contribution in [0.15, 0.2) is 0 Å². The fourth-order valence-electron chi connectivity index (χ4n) is 6.46. The number of aliphatic carboxylic acids is 1. The molecule has 24 heavy (non-hydrogen) atoms. The molecule has 2 bridgehead atoms. The maximum absolute atomic E-state index is 12.4. The highest BCUT2D eigenvalue weighted by molar-refractivity contribution is 5.88. The SMILES string of the molecule is C[C@]1([C@H]2CC[C@]3(C)C(=O)CC[C@H]3[C@@H]2C(=O)O)CC[C@H]2C[C@@H]1C(=O)O2. The Balaban J connectivity index is 1.71. The largest absolute Gasteiger partial charge is 0.481 e. The van der Waals surface area contributed by atoms with Gasteiger partial charge in [0.1, 0.15) is 11.9 Å². The van der Waals surface area contributed by atoms with E-state index in [1.165, 1.54) is 0 Å². The first-order chi connectivity index (χ1) is 11.3. The number of Topliss-reactive ketones (excluding diaryl/α,β-unsaturated/α-hetero) is 1. The minimum atomic E-state index is -0.791. The van der Waals surface area contributed by atoms with E-state index in [1.54, 1.807) is 0 Å². The third kappa shape index (κ3) is 1.96. The molecule has 1 heterocycles. The molecule has 4 aliphatic rings. The predicted molar refractivity (Wildman–Crippen MR) is 85.0 cm³/mol. The van der Waals surface area contributed by atoms with E-state index in [9.17, 15) is 19.5 Å². The molecule has 0 aromatic carbocycles. The summed E-state index contributed by atoms with van der Waals surface area (Å²) in [5, 5.41) is 10.0. The quantitative estimate of drug-likeness (QED) is 0.785. The van der Waals surface area contributed by atoms with Crippen LogP contribution in [0.5, 0.6) is 0 Å². The Bertz CT molecular complexity index is 613. The van der Waals surface area contributed by atoms with Crippen molar-refractivity contribution >= 4 is 17.7 Å². The molecular formula is C19H26O5. The molecule has 0 aromatic rings. The summed E-state index contributed by atoms with van der Waals surface area (Å²) in [5.41, 5.74) is -0.802. The lowest BCUT2D eigenvalue weighted by atomic mass is 9.50. The van der Waals surface area contributed by atoms with E-state index in [4.69, 9.17) is 4.74 Å². The number of carbonyl (C=O) groups is 3. The minimum absolute atomic E-state index is 0.0285. The van der Waals surface area contributed by atoms with E-state index in [0.717, 1.165) is 32.1 Å². The van der Waals surface area contributed by atoms with Gasteiger partial charge in [-0.1, -0.05) is 13.8 Å². The molecule has 0 aromatic heterocycles. The van der Waals surface area contributed by atoms with Crippen LogP contribution in [0.4, 0.5) is 0 Å². The third-order valence-corrected chi connectivity index (χ3v) is 7.98.